The third-order valence-electron chi connectivity index (χ3n) is 3.07. The van der Waals surface area contributed by atoms with Crippen molar-refractivity contribution in [2.24, 2.45) is 0 Å². The van der Waals surface area contributed by atoms with Gasteiger partial charge in [-0.15, -0.1) is 0 Å². The van der Waals surface area contributed by atoms with Gasteiger partial charge in [0.05, 0.1) is 17.5 Å². The Morgan fingerprint density at radius 1 is 1.67 bits per heavy atom. The average molecular weight is 271 g/mol. The Morgan fingerprint density at radius 2 is 2.40 bits per heavy atom. The summed E-state index contributed by atoms with van der Waals surface area (Å²) in [4.78, 5) is 6.49. The van der Waals surface area contributed by atoms with E-state index in [-0.39, 0.29) is 0 Å². The molecular weight excluding hydrogens is 256 g/mol. The average Bonchev–Trinajstić information content (AvgIpc) is 2.23. The van der Waals surface area contributed by atoms with Crippen molar-refractivity contribution in [1.29, 1.82) is 0 Å². The molecule has 0 spiro atoms. The number of aliphatic hydroxyl groups excluding tert-OH is 1. The van der Waals surface area contributed by atoms with Crippen molar-refractivity contribution in [3.63, 3.8) is 0 Å². The lowest BCUT2D eigenvalue weighted by atomic mass is 9.96. The van der Waals surface area contributed by atoms with Crippen LogP contribution in [0.4, 0.5) is 5.69 Å². The van der Waals surface area contributed by atoms with Crippen LogP contribution in [-0.2, 0) is 0 Å². The molecule has 1 aliphatic heterocycles. The van der Waals surface area contributed by atoms with E-state index in [0.29, 0.717) is 6.04 Å². The Morgan fingerprint density at radius 3 is 3.07 bits per heavy atom. The fourth-order valence-corrected chi connectivity index (χ4v) is 2.46. The number of halogens is 1. The molecule has 2 atom stereocenters. The van der Waals surface area contributed by atoms with Crippen molar-refractivity contribution in [2.45, 2.75) is 31.9 Å². The molecule has 3 nitrogen and oxygen atoms in total. The highest BCUT2D eigenvalue weighted by Gasteiger charge is 2.29. The molecule has 2 unspecified atom stereocenters. The van der Waals surface area contributed by atoms with Gasteiger partial charge in [0.25, 0.3) is 0 Å². The molecule has 0 saturated carbocycles. The van der Waals surface area contributed by atoms with Crippen LogP contribution in [0.1, 0.15) is 31.6 Å². The quantitative estimate of drug-likeness (QED) is 0.852. The van der Waals surface area contributed by atoms with Crippen LogP contribution in [0.15, 0.2) is 16.7 Å². The predicted octanol–water partition coefficient (Wildman–Crippen LogP) is 2.50. The maximum atomic E-state index is 9.97. The Hall–Kier alpha value is -0.610. The highest BCUT2D eigenvalue weighted by Crippen LogP contribution is 2.36. The van der Waals surface area contributed by atoms with Crippen LogP contribution in [-0.4, -0.2) is 23.2 Å². The van der Waals surface area contributed by atoms with E-state index < -0.39 is 6.10 Å². The maximum absolute atomic E-state index is 9.97. The third-order valence-corrected chi connectivity index (χ3v) is 3.51. The minimum atomic E-state index is -0.422. The maximum Gasteiger partial charge on any atom is 0.1000 e. The molecule has 0 radical (unpaired) electrons. The summed E-state index contributed by atoms with van der Waals surface area (Å²) in [5, 5.41) is 9.97. The minimum absolute atomic E-state index is 0.406. The van der Waals surface area contributed by atoms with Gasteiger partial charge in [0.2, 0.25) is 0 Å². The molecule has 0 fully saturated rings. The first-order valence-electron chi connectivity index (χ1n) is 5.19. The van der Waals surface area contributed by atoms with Gasteiger partial charge in [0.1, 0.15) is 0 Å². The first kappa shape index (κ1) is 10.9. The van der Waals surface area contributed by atoms with E-state index in [0.717, 1.165) is 28.7 Å². The number of aromatic nitrogens is 1. The SMILES string of the molecule is CCC1CC(O)c2ncc(Br)cc2N1C. The zero-order valence-corrected chi connectivity index (χ0v) is 10.5. The summed E-state index contributed by atoms with van der Waals surface area (Å²) in [6.07, 6.45) is 3.13. The van der Waals surface area contributed by atoms with Crippen LogP contribution in [0.2, 0.25) is 0 Å². The van der Waals surface area contributed by atoms with E-state index in [2.05, 4.69) is 39.8 Å². The number of rotatable bonds is 1. The predicted molar refractivity (Wildman–Crippen MR) is 64.0 cm³/mol. The molecule has 0 amide bonds. The summed E-state index contributed by atoms with van der Waals surface area (Å²) in [5.74, 6) is 0. The monoisotopic (exact) mass is 270 g/mol. The van der Waals surface area contributed by atoms with Crippen LogP contribution >= 0.6 is 15.9 Å². The highest BCUT2D eigenvalue weighted by atomic mass is 79.9. The molecule has 4 heteroatoms. The van der Waals surface area contributed by atoms with E-state index in [9.17, 15) is 5.11 Å². The van der Waals surface area contributed by atoms with Crippen molar-refractivity contribution >= 4 is 21.6 Å². The molecule has 2 heterocycles. The van der Waals surface area contributed by atoms with Gasteiger partial charge in [0.15, 0.2) is 0 Å². The van der Waals surface area contributed by atoms with Gasteiger partial charge in [-0.05, 0) is 34.8 Å². The van der Waals surface area contributed by atoms with Gasteiger partial charge in [-0.1, -0.05) is 6.92 Å². The fraction of sp³-hybridized carbons (Fsp3) is 0.545. The van der Waals surface area contributed by atoms with Crippen LogP contribution in [0.25, 0.3) is 0 Å². The Labute approximate surface area is 98.3 Å². The summed E-state index contributed by atoms with van der Waals surface area (Å²) < 4.78 is 0.956. The number of aliphatic hydroxyl groups is 1. The molecular formula is C11H15BrN2O. The van der Waals surface area contributed by atoms with E-state index in [1.807, 2.05) is 6.07 Å². The second-order valence-electron chi connectivity index (χ2n) is 3.98. The first-order valence-corrected chi connectivity index (χ1v) is 5.99. The number of anilines is 1. The molecule has 0 aliphatic carbocycles. The summed E-state index contributed by atoms with van der Waals surface area (Å²) in [7, 11) is 2.06. The van der Waals surface area contributed by atoms with Gasteiger partial charge in [0, 0.05) is 23.8 Å². The molecule has 15 heavy (non-hydrogen) atoms. The van der Waals surface area contributed by atoms with E-state index in [4.69, 9.17) is 0 Å². The fourth-order valence-electron chi connectivity index (χ4n) is 2.14. The van der Waals surface area contributed by atoms with Crippen LogP contribution in [0.3, 0.4) is 0 Å². The lowest BCUT2D eigenvalue weighted by Gasteiger charge is -2.37. The number of fused-ring (bicyclic) bond motifs is 1. The summed E-state index contributed by atoms with van der Waals surface area (Å²) in [5.41, 5.74) is 1.83. The van der Waals surface area contributed by atoms with Crippen molar-refractivity contribution in [3.05, 3.63) is 22.4 Å². The molecule has 1 aliphatic rings. The van der Waals surface area contributed by atoms with Gasteiger partial charge < -0.3 is 10.0 Å². The first-order chi connectivity index (χ1) is 7.13. The second kappa shape index (κ2) is 4.10. The number of hydrogen-bond acceptors (Lipinski definition) is 3. The third kappa shape index (κ3) is 1.88. The molecule has 0 saturated heterocycles. The Kier molecular flexibility index (Phi) is 2.98. The zero-order chi connectivity index (χ0) is 11.0. The van der Waals surface area contributed by atoms with Crippen LogP contribution in [0, 0.1) is 0 Å². The zero-order valence-electron chi connectivity index (χ0n) is 8.94. The van der Waals surface area contributed by atoms with E-state index >= 15 is 0 Å². The molecule has 0 bridgehead atoms. The van der Waals surface area contributed by atoms with Crippen molar-refractivity contribution in [1.82, 2.24) is 4.98 Å². The van der Waals surface area contributed by atoms with E-state index in [1.54, 1.807) is 6.20 Å². The lowest BCUT2D eigenvalue weighted by molar-refractivity contribution is 0.144. The number of hydrogen-bond donors (Lipinski definition) is 1. The van der Waals surface area contributed by atoms with Crippen molar-refractivity contribution in [3.8, 4) is 0 Å². The lowest BCUT2D eigenvalue weighted by Crippen LogP contribution is -2.37. The molecule has 0 aromatic carbocycles. The number of pyridine rings is 1. The summed E-state index contributed by atoms with van der Waals surface area (Å²) >= 11 is 3.41. The molecule has 1 aromatic heterocycles. The molecule has 2 rings (SSSR count). The van der Waals surface area contributed by atoms with Crippen molar-refractivity contribution in [2.75, 3.05) is 11.9 Å². The van der Waals surface area contributed by atoms with E-state index in [1.165, 1.54) is 0 Å². The van der Waals surface area contributed by atoms with Crippen LogP contribution < -0.4 is 4.90 Å². The molecule has 82 valence electrons. The highest BCUT2D eigenvalue weighted by molar-refractivity contribution is 9.10. The number of nitrogens with zero attached hydrogens (tertiary/aromatic N) is 2. The van der Waals surface area contributed by atoms with Gasteiger partial charge >= 0.3 is 0 Å². The Balaban J connectivity index is 2.45. The molecule has 1 N–H and O–H groups in total. The standard InChI is InChI=1S/C11H15BrN2O/c1-3-8-5-10(15)11-9(14(8)2)4-7(12)6-13-11/h4,6,8,10,15H,3,5H2,1-2H3. The minimum Gasteiger partial charge on any atom is -0.387 e. The van der Waals surface area contributed by atoms with Gasteiger partial charge in [-0.2, -0.15) is 0 Å². The Bertz CT molecular complexity index is 370. The topological polar surface area (TPSA) is 36.4 Å². The second-order valence-corrected chi connectivity index (χ2v) is 4.90. The van der Waals surface area contributed by atoms with Gasteiger partial charge in [-0.3, -0.25) is 4.98 Å². The largest absolute Gasteiger partial charge is 0.387 e. The summed E-state index contributed by atoms with van der Waals surface area (Å²) in [6.45, 7) is 2.14. The smallest absolute Gasteiger partial charge is 0.1000 e. The summed E-state index contributed by atoms with van der Waals surface area (Å²) in [6, 6.07) is 2.43. The van der Waals surface area contributed by atoms with Crippen LogP contribution in [0.5, 0.6) is 0 Å². The molecule has 1 aromatic rings. The van der Waals surface area contributed by atoms with Gasteiger partial charge in [-0.25, -0.2) is 0 Å². The normalized spacial score (nSPS) is 25.2. The van der Waals surface area contributed by atoms with Crippen molar-refractivity contribution < 1.29 is 5.11 Å².